The van der Waals surface area contributed by atoms with Gasteiger partial charge in [0, 0.05) is 11.1 Å². The summed E-state index contributed by atoms with van der Waals surface area (Å²) in [7, 11) is 3.75. The molecule has 0 aliphatic rings. The van der Waals surface area contributed by atoms with Crippen LogP contribution in [0, 0.1) is 0 Å². The second-order valence-electron chi connectivity index (χ2n) is 4.05. The number of rotatable bonds is 3. The monoisotopic (exact) mass is 271 g/mol. The predicted molar refractivity (Wildman–Crippen MR) is 78.3 cm³/mol. The minimum absolute atomic E-state index is 0.0290. The van der Waals surface area contributed by atoms with E-state index in [1.807, 2.05) is 14.1 Å². The lowest BCUT2D eigenvalue weighted by Crippen LogP contribution is -2.09. The van der Waals surface area contributed by atoms with E-state index in [4.69, 9.17) is 5.11 Å². The summed E-state index contributed by atoms with van der Waals surface area (Å²) in [6.45, 7) is 0. The van der Waals surface area contributed by atoms with Crippen LogP contribution in [0.25, 0.3) is 0 Å². The Bertz CT molecular complexity index is 579. The molecular formula is C16H17NO3. The molecule has 4 heteroatoms. The molecule has 0 aromatic heterocycles. The molecule has 20 heavy (non-hydrogen) atoms. The topological polar surface area (TPSA) is 66.4 Å². The molecule has 2 aromatic carbocycles. The standard InChI is InChI=1S/C14H10O3.C2H7N/c15-13(10-6-2-1-3-7-10)11-8-4-5-9-12(11)14(16)17;1-3-2/h1-9H,(H,16,17);3H,1-2H3. The quantitative estimate of drug-likeness (QED) is 0.841. The van der Waals surface area contributed by atoms with E-state index in [1.165, 1.54) is 12.1 Å². The Morgan fingerprint density at radius 2 is 1.30 bits per heavy atom. The fraction of sp³-hybridized carbons (Fsp3) is 0.125. The largest absolute Gasteiger partial charge is 0.478 e. The van der Waals surface area contributed by atoms with Gasteiger partial charge in [-0.3, -0.25) is 4.79 Å². The lowest BCUT2D eigenvalue weighted by atomic mass is 9.98. The van der Waals surface area contributed by atoms with Crippen LogP contribution >= 0.6 is 0 Å². The van der Waals surface area contributed by atoms with Crippen LogP contribution in [0.2, 0.25) is 0 Å². The van der Waals surface area contributed by atoms with Crippen molar-refractivity contribution in [2.24, 2.45) is 0 Å². The number of hydrogen-bond acceptors (Lipinski definition) is 3. The van der Waals surface area contributed by atoms with Gasteiger partial charge in [0.1, 0.15) is 0 Å². The molecule has 0 fully saturated rings. The number of carboxylic acids is 1. The molecular weight excluding hydrogens is 254 g/mol. The van der Waals surface area contributed by atoms with Crippen LogP contribution in [0.1, 0.15) is 26.3 Å². The fourth-order valence-corrected chi connectivity index (χ4v) is 1.61. The smallest absolute Gasteiger partial charge is 0.336 e. The predicted octanol–water partition coefficient (Wildman–Crippen LogP) is 2.45. The van der Waals surface area contributed by atoms with Crippen molar-refractivity contribution in [3.8, 4) is 0 Å². The molecule has 0 amide bonds. The Balaban J connectivity index is 0.000000612. The minimum atomic E-state index is -1.09. The third-order valence-electron chi connectivity index (χ3n) is 2.44. The molecule has 2 aromatic rings. The highest BCUT2D eigenvalue weighted by atomic mass is 16.4. The maximum absolute atomic E-state index is 12.1. The van der Waals surface area contributed by atoms with E-state index in [-0.39, 0.29) is 16.9 Å². The van der Waals surface area contributed by atoms with Crippen LogP contribution < -0.4 is 5.32 Å². The Morgan fingerprint density at radius 1 is 0.850 bits per heavy atom. The van der Waals surface area contributed by atoms with Crippen LogP contribution in [-0.4, -0.2) is 31.0 Å². The molecule has 0 heterocycles. The summed E-state index contributed by atoms with van der Waals surface area (Å²) >= 11 is 0. The van der Waals surface area contributed by atoms with Crippen LogP contribution in [0.3, 0.4) is 0 Å². The van der Waals surface area contributed by atoms with E-state index < -0.39 is 5.97 Å². The number of aromatic carboxylic acids is 1. The highest BCUT2D eigenvalue weighted by molar-refractivity contribution is 6.14. The van der Waals surface area contributed by atoms with Gasteiger partial charge in [-0.1, -0.05) is 48.5 Å². The molecule has 0 aliphatic carbocycles. The van der Waals surface area contributed by atoms with E-state index in [0.29, 0.717) is 5.56 Å². The van der Waals surface area contributed by atoms with Gasteiger partial charge in [0.05, 0.1) is 5.56 Å². The summed E-state index contributed by atoms with van der Waals surface area (Å²) in [6.07, 6.45) is 0. The SMILES string of the molecule is CNC.O=C(O)c1ccccc1C(=O)c1ccccc1. The van der Waals surface area contributed by atoms with Crippen molar-refractivity contribution in [3.63, 3.8) is 0 Å². The van der Waals surface area contributed by atoms with E-state index in [1.54, 1.807) is 42.5 Å². The zero-order valence-electron chi connectivity index (χ0n) is 11.5. The molecule has 0 bridgehead atoms. The number of hydrogen-bond donors (Lipinski definition) is 2. The van der Waals surface area contributed by atoms with Crippen LogP contribution in [-0.2, 0) is 0 Å². The molecule has 0 spiro atoms. The maximum atomic E-state index is 12.1. The summed E-state index contributed by atoms with van der Waals surface area (Å²) in [5.41, 5.74) is 0.730. The number of benzene rings is 2. The zero-order chi connectivity index (χ0) is 15.0. The van der Waals surface area contributed by atoms with Gasteiger partial charge in [-0.25, -0.2) is 4.79 Å². The summed E-state index contributed by atoms with van der Waals surface area (Å²) in [5, 5.41) is 11.8. The Labute approximate surface area is 118 Å². The van der Waals surface area contributed by atoms with Crippen molar-refractivity contribution in [1.82, 2.24) is 5.32 Å². The maximum Gasteiger partial charge on any atom is 0.336 e. The number of carboxylic acid groups (broad SMARTS) is 1. The van der Waals surface area contributed by atoms with Crippen molar-refractivity contribution >= 4 is 11.8 Å². The lowest BCUT2D eigenvalue weighted by Gasteiger charge is -2.04. The first-order chi connectivity index (χ1) is 9.61. The highest BCUT2D eigenvalue weighted by Gasteiger charge is 2.16. The molecule has 0 atom stereocenters. The van der Waals surface area contributed by atoms with Gasteiger partial charge in [-0.2, -0.15) is 0 Å². The molecule has 0 unspecified atom stereocenters. The zero-order valence-corrected chi connectivity index (χ0v) is 11.5. The number of carbonyl (C=O) groups excluding carboxylic acids is 1. The number of carbonyl (C=O) groups is 2. The average Bonchev–Trinajstić information content (AvgIpc) is 2.48. The van der Waals surface area contributed by atoms with Gasteiger partial charge >= 0.3 is 5.97 Å². The van der Waals surface area contributed by atoms with Gasteiger partial charge in [0.2, 0.25) is 0 Å². The normalized spacial score (nSPS) is 9.30. The van der Waals surface area contributed by atoms with Crippen LogP contribution in [0.15, 0.2) is 54.6 Å². The summed E-state index contributed by atoms with van der Waals surface area (Å²) in [6, 6.07) is 14.8. The van der Waals surface area contributed by atoms with Crippen molar-refractivity contribution in [2.75, 3.05) is 14.1 Å². The number of ketones is 1. The van der Waals surface area contributed by atoms with Gasteiger partial charge in [0.15, 0.2) is 5.78 Å². The van der Waals surface area contributed by atoms with E-state index >= 15 is 0 Å². The van der Waals surface area contributed by atoms with Crippen LogP contribution in [0.5, 0.6) is 0 Å². The van der Waals surface area contributed by atoms with Crippen molar-refractivity contribution in [2.45, 2.75) is 0 Å². The van der Waals surface area contributed by atoms with E-state index in [9.17, 15) is 9.59 Å². The molecule has 2 rings (SSSR count). The lowest BCUT2D eigenvalue weighted by molar-refractivity contribution is 0.0693. The molecule has 104 valence electrons. The first-order valence-electron chi connectivity index (χ1n) is 6.12. The van der Waals surface area contributed by atoms with Gasteiger partial charge in [-0.15, -0.1) is 0 Å². The van der Waals surface area contributed by atoms with Crippen molar-refractivity contribution < 1.29 is 14.7 Å². The Morgan fingerprint density at radius 3 is 1.80 bits per heavy atom. The van der Waals surface area contributed by atoms with Gasteiger partial charge in [0.25, 0.3) is 0 Å². The molecule has 0 saturated heterocycles. The second-order valence-corrected chi connectivity index (χ2v) is 4.05. The van der Waals surface area contributed by atoms with E-state index in [0.717, 1.165) is 0 Å². The van der Waals surface area contributed by atoms with Crippen molar-refractivity contribution in [3.05, 3.63) is 71.3 Å². The first-order valence-corrected chi connectivity index (χ1v) is 6.12. The average molecular weight is 271 g/mol. The van der Waals surface area contributed by atoms with Crippen molar-refractivity contribution in [1.29, 1.82) is 0 Å². The summed E-state index contributed by atoms with van der Waals surface area (Å²) < 4.78 is 0. The molecule has 0 saturated carbocycles. The second kappa shape index (κ2) is 7.86. The van der Waals surface area contributed by atoms with Crippen LogP contribution in [0.4, 0.5) is 0 Å². The highest BCUT2D eigenvalue weighted by Crippen LogP contribution is 2.14. The first kappa shape index (κ1) is 15.6. The van der Waals surface area contributed by atoms with Gasteiger partial charge in [-0.05, 0) is 20.2 Å². The summed E-state index contributed by atoms with van der Waals surface area (Å²) in [4.78, 5) is 23.1. The Hall–Kier alpha value is -2.46. The molecule has 0 aliphatic heterocycles. The third-order valence-corrected chi connectivity index (χ3v) is 2.44. The minimum Gasteiger partial charge on any atom is -0.478 e. The molecule has 4 nitrogen and oxygen atoms in total. The van der Waals surface area contributed by atoms with E-state index in [2.05, 4.69) is 5.32 Å². The van der Waals surface area contributed by atoms with Gasteiger partial charge < -0.3 is 10.4 Å². The molecule has 2 N–H and O–H groups in total. The fourth-order valence-electron chi connectivity index (χ4n) is 1.61. The summed E-state index contributed by atoms with van der Waals surface area (Å²) in [5.74, 6) is -1.37. The Kier molecular flexibility index (Phi) is 6.13. The molecule has 0 radical (unpaired) electrons. The third kappa shape index (κ3) is 4.03. The number of nitrogens with one attached hydrogen (secondary N) is 1.